The quantitative estimate of drug-likeness (QED) is 0.512. The highest BCUT2D eigenvalue weighted by Crippen LogP contribution is 1.99. The van der Waals surface area contributed by atoms with Gasteiger partial charge in [-0.3, -0.25) is 4.90 Å². The van der Waals surface area contributed by atoms with Crippen LogP contribution in [0.1, 0.15) is 0 Å². The third kappa shape index (κ3) is 2.41. The molecule has 11 heavy (non-hydrogen) atoms. The van der Waals surface area contributed by atoms with Gasteiger partial charge in [0, 0.05) is 32.7 Å². The van der Waals surface area contributed by atoms with Crippen LogP contribution in [0, 0.1) is 0 Å². The average Bonchev–Trinajstić information content (AvgIpc) is 2.05. The second kappa shape index (κ2) is 4.01. The Morgan fingerprint density at radius 1 is 1.27 bits per heavy atom. The number of rotatable bonds is 2. The van der Waals surface area contributed by atoms with Crippen molar-refractivity contribution >= 4 is 0 Å². The van der Waals surface area contributed by atoms with Gasteiger partial charge in [0.25, 0.3) is 0 Å². The lowest BCUT2D eigenvalue weighted by Crippen LogP contribution is -2.54. The van der Waals surface area contributed by atoms with E-state index < -0.39 is 0 Å². The van der Waals surface area contributed by atoms with Gasteiger partial charge < -0.3 is 16.4 Å². The first-order valence-electron chi connectivity index (χ1n) is 4.12. The maximum absolute atomic E-state index is 5.78. The van der Waals surface area contributed by atoms with Crippen molar-refractivity contribution in [3.8, 4) is 0 Å². The Kier molecular flexibility index (Phi) is 3.26. The van der Waals surface area contributed by atoms with Crippen molar-refractivity contribution < 1.29 is 0 Å². The molecule has 0 saturated carbocycles. The molecule has 1 rings (SSSR count). The summed E-state index contributed by atoms with van der Waals surface area (Å²) in [5, 5.41) is 0. The van der Waals surface area contributed by atoms with Gasteiger partial charge in [-0.15, -0.1) is 0 Å². The number of piperazine rings is 1. The minimum absolute atomic E-state index is 0.0590. The van der Waals surface area contributed by atoms with Gasteiger partial charge >= 0.3 is 0 Å². The monoisotopic (exact) mass is 158 g/mol. The summed E-state index contributed by atoms with van der Waals surface area (Å²) in [7, 11) is 2.13. The van der Waals surface area contributed by atoms with Crippen molar-refractivity contribution in [2.24, 2.45) is 11.5 Å². The molecule has 0 amide bonds. The minimum Gasteiger partial charge on any atom is -0.328 e. The van der Waals surface area contributed by atoms with Gasteiger partial charge in [0.05, 0.1) is 6.17 Å². The van der Waals surface area contributed by atoms with E-state index in [0.29, 0.717) is 6.54 Å². The fourth-order valence-corrected chi connectivity index (χ4v) is 1.30. The molecule has 0 aromatic rings. The van der Waals surface area contributed by atoms with Gasteiger partial charge in [0.15, 0.2) is 0 Å². The molecule has 1 aliphatic heterocycles. The highest BCUT2D eigenvalue weighted by Gasteiger charge is 2.17. The minimum atomic E-state index is 0.0590. The van der Waals surface area contributed by atoms with E-state index >= 15 is 0 Å². The molecule has 0 aliphatic carbocycles. The summed E-state index contributed by atoms with van der Waals surface area (Å²) in [4.78, 5) is 4.54. The molecule has 1 heterocycles. The van der Waals surface area contributed by atoms with E-state index in [1.165, 1.54) is 0 Å². The molecule has 4 N–H and O–H groups in total. The zero-order valence-corrected chi connectivity index (χ0v) is 7.16. The SMILES string of the molecule is CN1CCN(C(N)CN)CC1. The third-order valence-corrected chi connectivity index (χ3v) is 2.25. The summed E-state index contributed by atoms with van der Waals surface area (Å²) in [5.41, 5.74) is 11.2. The Bertz CT molecular complexity index is 109. The fraction of sp³-hybridized carbons (Fsp3) is 1.00. The number of hydrogen-bond acceptors (Lipinski definition) is 4. The van der Waals surface area contributed by atoms with Crippen LogP contribution in [0.25, 0.3) is 0 Å². The van der Waals surface area contributed by atoms with E-state index in [1.54, 1.807) is 0 Å². The first-order chi connectivity index (χ1) is 5.24. The van der Waals surface area contributed by atoms with E-state index in [1.807, 2.05) is 0 Å². The molecule has 1 unspecified atom stereocenters. The topological polar surface area (TPSA) is 58.5 Å². The van der Waals surface area contributed by atoms with Crippen LogP contribution >= 0.6 is 0 Å². The highest BCUT2D eigenvalue weighted by molar-refractivity contribution is 4.73. The van der Waals surface area contributed by atoms with Crippen LogP contribution in [-0.4, -0.2) is 55.7 Å². The summed E-state index contributed by atoms with van der Waals surface area (Å²) >= 11 is 0. The Morgan fingerprint density at radius 3 is 2.27 bits per heavy atom. The van der Waals surface area contributed by atoms with Crippen molar-refractivity contribution in [3.63, 3.8) is 0 Å². The van der Waals surface area contributed by atoms with Crippen LogP contribution in [0.4, 0.5) is 0 Å². The Morgan fingerprint density at radius 2 is 1.82 bits per heavy atom. The Labute approximate surface area is 68.1 Å². The predicted molar refractivity (Wildman–Crippen MR) is 46.1 cm³/mol. The second-order valence-corrected chi connectivity index (χ2v) is 3.14. The van der Waals surface area contributed by atoms with Gasteiger partial charge in [0.1, 0.15) is 0 Å². The standard InChI is InChI=1S/C7H18N4/c1-10-2-4-11(5-3-10)7(9)6-8/h7H,2-6,8-9H2,1H3. The number of hydrogen-bond donors (Lipinski definition) is 2. The smallest absolute Gasteiger partial charge is 0.0699 e. The Balaban J connectivity index is 2.27. The van der Waals surface area contributed by atoms with Crippen molar-refractivity contribution in [3.05, 3.63) is 0 Å². The van der Waals surface area contributed by atoms with E-state index in [9.17, 15) is 0 Å². The molecule has 0 bridgehead atoms. The summed E-state index contributed by atoms with van der Waals surface area (Å²) in [6.45, 7) is 4.87. The molecule has 1 aliphatic rings. The maximum atomic E-state index is 5.78. The van der Waals surface area contributed by atoms with Crippen molar-refractivity contribution in [2.75, 3.05) is 39.8 Å². The van der Waals surface area contributed by atoms with Crippen LogP contribution in [-0.2, 0) is 0 Å². The molecule has 1 fully saturated rings. The molecule has 0 spiro atoms. The van der Waals surface area contributed by atoms with Gasteiger partial charge in [-0.25, -0.2) is 0 Å². The lowest BCUT2D eigenvalue weighted by molar-refractivity contribution is 0.117. The van der Waals surface area contributed by atoms with Crippen LogP contribution in [0.2, 0.25) is 0 Å². The normalized spacial score (nSPS) is 25.4. The van der Waals surface area contributed by atoms with E-state index in [0.717, 1.165) is 26.2 Å². The molecule has 66 valence electrons. The van der Waals surface area contributed by atoms with E-state index in [2.05, 4.69) is 16.8 Å². The zero-order valence-electron chi connectivity index (χ0n) is 7.16. The molecule has 4 heteroatoms. The van der Waals surface area contributed by atoms with Crippen LogP contribution in [0.3, 0.4) is 0 Å². The first kappa shape index (κ1) is 8.93. The van der Waals surface area contributed by atoms with Crippen LogP contribution in [0.5, 0.6) is 0 Å². The average molecular weight is 158 g/mol. The first-order valence-corrected chi connectivity index (χ1v) is 4.12. The number of likely N-dealkylation sites (N-methyl/N-ethyl adjacent to an activating group) is 1. The third-order valence-electron chi connectivity index (χ3n) is 2.25. The predicted octanol–water partition coefficient (Wildman–Crippen LogP) is -1.52. The van der Waals surface area contributed by atoms with Crippen molar-refractivity contribution in [2.45, 2.75) is 6.17 Å². The molecule has 0 aromatic carbocycles. The molecular weight excluding hydrogens is 140 g/mol. The lowest BCUT2D eigenvalue weighted by atomic mass is 10.3. The van der Waals surface area contributed by atoms with Crippen molar-refractivity contribution in [1.29, 1.82) is 0 Å². The van der Waals surface area contributed by atoms with Crippen LogP contribution in [0.15, 0.2) is 0 Å². The van der Waals surface area contributed by atoms with Gasteiger partial charge in [-0.1, -0.05) is 0 Å². The molecule has 0 aromatic heterocycles. The summed E-state index contributed by atoms with van der Waals surface area (Å²) in [5.74, 6) is 0. The fourth-order valence-electron chi connectivity index (χ4n) is 1.30. The largest absolute Gasteiger partial charge is 0.328 e. The van der Waals surface area contributed by atoms with E-state index in [-0.39, 0.29) is 6.17 Å². The summed E-state index contributed by atoms with van der Waals surface area (Å²) in [6.07, 6.45) is 0.0590. The summed E-state index contributed by atoms with van der Waals surface area (Å²) in [6, 6.07) is 0. The van der Waals surface area contributed by atoms with Crippen molar-refractivity contribution in [1.82, 2.24) is 9.80 Å². The molecule has 4 nitrogen and oxygen atoms in total. The number of nitrogens with zero attached hydrogens (tertiary/aromatic N) is 2. The van der Waals surface area contributed by atoms with Gasteiger partial charge in [0.2, 0.25) is 0 Å². The van der Waals surface area contributed by atoms with Crippen LogP contribution < -0.4 is 11.5 Å². The summed E-state index contributed by atoms with van der Waals surface area (Å²) < 4.78 is 0. The number of nitrogens with two attached hydrogens (primary N) is 2. The maximum Gasteiger partial charge on any atom is 0.0699 e. The van der Waals surface area contributed by atoms with Gasteiger partial charge in [-0.05, 0) is 7.05 Å². The molecule has 1 atom stereocenters. The van der Waals surface area contributed by atoms with Gasteiger partial charge in [-0.2, -0.15) is 0 Å². The molecule has 1 saturated heterocycles. The Hall–Kier alpha value is -0.160. The molecular formula is C7H18N4. The highest BCUT2D eigenvalue weighted by atomic mass is 15.3. The van der Waals surface area contributed by atoms with E-state index in [4.69, 9.17) is 11.5 Å². The lowest BCUT2D eigenvalue weighted by Gasteiger charge is -2.35. The second-order valence-electron chi connectivity index (χ2n) is 3.14. The zero-order chi connectivity index (χ0) is 8.27. The molecule has 0 radical (unpaired) electrons.